The number of rotatable bonds is 5. The highest BCUT2D eigenvalue weighted by Crippen LogP contribution is 2.42. The van der Waals surface area contributed by atoms with Crippen molar-refractivity contribution in [1.82, 2.24) is 10.1 Å². The van der Waals surface area contributed by atoms with E-state index >= 15 is 0 Å². The number of carbonyl (C=O) groups excluding carboxylic acids is 1. The number of ether oxygens (including phenoxy) is 1. The summed E-state index contributed by atoms with van der Waals surface area (Å²) in [6, 6.07) is 10.00. The molecule has 0 atom stereocenters. The summed E-state index contributed by atoms with van der Waals surface area (Å²) in [5.41, 5.74) is 3.14. The maximum absolute atomic E-state index is 12.5. The number of benzene rings is 1. The molecule has 0 saturated heterocycles. The zero-order valence-electron chi connectivity index (χ0n) is 14.4. The molecule has 1 aliphatic rings. The minimum absolute atomic E-state index is 0.0224. The Kier molecular flexibility index (Phi) is 4.81. The average molecular weight is 369 g/mol. The van der Waals surface area contributed by atoms with Crippen LogP contribution < -0.4 is 5.32 Å². The summed E-state index contributed by atoms with van der Waals surface area (Å²) in [4.78, 5) is 18.0. The van der Waals surface area contributed by atoms with Crippen LogP contribution in [0.3, 0.4) is 0 Å². The summed E-state index contributed by atoms with van der Waals surface area (Å²) in [5.74, 6) is 1.01. The number of aryl methyl sites for hydroxylation is 2. The van der Waals surface area contributed by atoms with Crippen LogP contribution in [0.5, 0.6) is 0 Å². The van der Waals surface area contributed by atoms with Crippen LogP contribution >= 0.6 is 11.3 Å². The van der Waals surface area contributed by atoms with E-state index in [1.54, 1.807) is 6.92 Å². The second kappa shape index (κ2) is 7.39. The summed E-state index contributed by atoms with van der Waals surface area (Å²) >= 11 is 1.53. The molecule has 4 rings (SSSR count). The van der Waals surface area contributed by atoms with E-state index in [0.717, 1.165) is 33.0 Å². The van der Waals surface area contributed by atoms with Gasteiger partial charge in [0.25, 0.3) is 5.89 Å². The van der Waals surface area contributed by atoms with Crippen molar-refractivity contribution in [1.29, 1.82) is 0 Å². The van der Waals surface area contributed by atoms with Gasteiger partial charge in [0.15, 0.2) is 5.82 Å². The van der Waals surface area contributed by atoms with Gasteiger partial charge < -0.3 is 14.6 Å². The van der Waals surface area contributed by atoms with Gasteiger partial charge in [-0.05, 0) is 30.9 Å². The van der Waals surface area contributed by atoms with Crippen molar-refractivity contribution in [3.8, 4) is 11.5 Å². The molecule has 1 aliphatic heterocycles. The van der Waals surface area contributed by atoms with Gasteiger partial charge in [-0.2, -0.15) is 4.98 Å². The van der Waals surface area contributed by atoms with Crippen molar-refractivity contribution < 1.29 is 14.1 Å². The Morgan fingerprint density at radius 3 is 2.92 bits per heavy atom. The Labute approximate surface area is 155 Å². The highest BCUT2D eigenvalue weighted by Gasteiger charge is 2.26. The summed E-state index contributed by atoms with van der Waals surface area (Å²) < 4.78 is 10.9. The third-order valence-electron chi connectivity index (χ3n) is 4.30. The zero-order valence-corrected chi connectivity index (χ0v) is 15.3. The lowest BCUT2D eigenvalue weighted by molar-refractivity contribution is -0.116. The van der Waals surface area contributed by atoms with E-state index in [9.17, 15) is 4.79 Å². The summed E-state index contributed by atoms with van der Waals surface area (Å²) in [7, 11) is 0. The number of anilines is 1. The van der Waals surface area contributed by atoms with Crippen molar-refractivity contribution in [3.05, 3.63) is 52.2 Å². The molecule has 0 radical (unpaired) electrons. The van der Waals surface area contributed by atoms with Crippen molar-refractivity contribution >= 4 is 22.2 Å². The Bertz CT molecular complexity index is 918. The molecule has 0 fully saturated rings. The van der Waals surface area contributed by atoms with E-state index in [2.05, 4.69) is 15.5 Å². The van der Waals surface area contributed by atoms with Gasteiger partial charge in [-0.1, -0.05) is 35.5 Å². The monoisotopic (exact) mass is 369 g/mol. The first-order valence-electron chi connectivity index (χ1n) is 8.57. The molecule has 0 aliphatic carbocycles. The minimum atomic E-state index is -0.0224. The van der Waals surface area contributed by atoms with Crippen molar-refractivity contribution in [2.24, 2.45) is 0 Å². The number of nitrogens with one attached hydrogen (secondary N) is 1. The number of hydrogen-bond acceptors (Lipinski definition) is 6. The molecule has 3 heterocycles. The SMILES string of the molecule is Cc1noc(-c2c(NC(=O)CCc3ccccc3)sc3c2CCOC3)n1. The van der Waals surface area contributed by atoms with E-state index in [-0.39, 0.29) is 5.91 Å². The molecule has 1 N–H and O–H groups in total. The van der Waals surface area contributed by atoms with Gasteiger partial charge in [-0.15, -0.1) is 11.3 Å². The lowest BCUT2D eigenvalue weighted by Crippen LogP contribution is -2.12. The van der Waals surface area contributed by atoms with Crippen LogP contribution in [0, 0.1) is 6.92 Å². The molecule has 1 amide bonds. The zero-order chi connectivity index (χ0) is 17.9. The second-order valence-electron chi connectivity index (χ2n) is 6.19. The van der Waals surface area contributed by atoms with Gasteiger partial charge in [0.05, 0.1) is 18.8 Å². The fourth-order valence-corrected chi connectivity index (χ4v) is 4.23. The predicted molar refractivity (Wildman–Crippen MR) is 99.1 cm³/mol. The van der Waals surface area contributed by atoms with Gasteiger partial charge in [-0.3, -0.25) is 4.79 Å². The summed E-state index contributed by atoms with van der Waals surface area (Å²) in [5, 5.41) is 7.70. The van der Waals surface area contributed by atoms with Gasteiger partial charge in [0, 0.05) is 11.3 Å². The number of hydrogen-bond donors (Lipinski definition) is 1. The normalized spacial score (nSPS) is 13.4. The molecular formula is C19H19N3O3S. The topological polar surface area (TPSA) is 77.2 Å². The number of amides is 1. The minimum Gasteiger partial charge on any atom is -0.376 e. The standard InChI is InChI=1S/C19H19N3O3S/c1-12-20-18(25-22-12)17-14-9-10-24-11-15(14)26-19(17)21-16(23)8-7-13-5-3-2-4-6-13/h2-6H,7-11H2,1H3,(H,21,23). The average Bonchev–Trinajstić information content (AvgIpc) is 3.23. The predicted octanol–water partition coefficient (Wildman–Crippen LogP) is 3.75. The summed E-state index contributed by atoms with van der Waals surface area (Å²) in [6.45, 7) is 3.00. The molecule has 26 heavy (non-hydrogen) atoms. The third-order valence-corrected chi connectivity index (χ3v) is 5.42. The third kappa shape index (κ3) is 3.54. The number of aromatic nitrogens is 2. The van der Waals surface area contributed by atoms with Crippen LogP contribution in [-0.4, -0.2) is 22.7 Å². The Morgan fingerprint density at radius 1 is 1.31 bits per heavy atom. The van der Waals surface area contributed by atoms with Gasteiger partial charge in [-0.25, -0.2) is 0 Å². The van der Waals surface area contributed by atoms with Crippen LogP contribution in [0.2, 0.25) is 0 Å². The Morgan fingerprint density at radius 2 is 2.15 bits per heavy atom. The smallest absolute Gasteiger partial charge is 0.261 e. The Balaban J connectivity index is 1.56. The van der Waals surface area contributed by atoms with E-state index in [1.165, 1.54) is 11.3 Å². The van der Waals surface area contributed by atoms with Crippen LogP contribution in [0.1, 0.15) is 28.2 Å². The molecule has 1 aromatic carbocycles. The van der Waals surface area contributed by atoms with Crippen molar-refractivity contribution in [2.75, 3.05) is 11.9 Å². The number of thiophene rings is 1. The van der Waals surface area contributed by atoms with Gasteiger partial charge in [0.1, 0.15) is 5.00 Å². The van der Waals surface area contributed by atoms with Crippen LogP contribution in [0.4, 0.5) is 5.00 Å². The molecule has 0 bridgehead atoms. The Hall–Kier alpha value is -2.51. The highest BCUT2D eigenvalue weighted by molar-refractivity contribution is 7.17. The lowest BCUT2D eigenvalue weighted by atomic mass is 10.1. The second-order valence-corrected chi connectivity index (χ2v) is 7.30. The fourth-order valence-electron chi connectivity index (χ4n) is 3.04. The molecule has 0 saturated carbocycles. The number of nitrogens with zero attached hydrogens (tertiary/aromatic N) is 2. The highest BCUT2D eigenvalue weighted by atomic mass is 32.1. The molecule has 134 valence electrons. The first-order valence-corrected chi connectivity index (χ1v) is 9.39. The van der Waals surface area contributed by atoms with Crippen molar-refractivity contribution in [3.63, 3.8) is 0 Å². The fraction of sp³-hybridized carbons (Fsp3) is 0.316. The van der Waals surface area contributed by atoms with E-state index < -0.39 is 0 Å². The van der Waals surface area contributed by atoms with Gasteiger partial charge in [0.2, 0.25) is 5.91 Å². The molecule has 6 nitrogen and oxygen atoms in total. The molecular weight excluding hydrogens is 350 g/mol. The number of carbonyl (C=O) groups is 1. The van der Waals surface area contributed by atoms with Crippen LogP contribution in [0.25, 0.3) is 11.5 Å². The van der Waals surface area contributed by atoms with Crippen LogP contribution in [0.15, 0.2) is 34.9 Å². The number of fused-ring (bicyclic) bond motifs is 1. The lowest BCUT2D eigenvalue weighted by Gasteiger charge is -2.12. The van der Waals surface area contributed by atoms with E-state index in [0.29, 0.717) is 37.8 Å². The molecule has 0 spiro atoms. The maximum atomic E-state index is 12.5. The van der Waals surface area contributed by atoms with Crippen molar-refractivity contribution in [2.45, 2.75) is 32.8 Å². The molecule has 3 aromatic rings. The van der Waals surface area contributed by atoms with Gasteiger partial charge >= 0.3 is 0 Å². The largest absolute Gasteiger partial charge is 0.376 e. The summed E-state index contributed by atoms with van der Waals surface area (Å²) in [6.07, 6.45) is 1.91. The first kappa shape index (κ1) is 16.9. The van der Waals surface area contributed by atoms with Crippen LogP contribution in [-0.2, 0) is 29.0 Å². The quantitative estimate of drug-likeness (QED) is 0.741. The first-order chi connectivity index (χ1) is 12.7. The molecule has 2 aromatic heterocycles. The molecule has 7 heteroatoms. The molecule has 0 unspecified atom stereocenters. The van der Waals surface area contributed by atoms with E-state index in [4.69, 9.17) is 9.26 Å². The maximum Gasteiger partial charge on any atom is 0.261 e. The van der Waals surface area contributed by atoms with E-state index in [1.807, 2.05) is 30.3 Å².